The van der Waals surface area contributed by atoms with Crippen molar-refractivity contribution in [3.05, 3.63) is 0 Å². The van der Waals surface area contributed by atoms with Gasteiger partial charge >= 0.3 is 12.0 Å². The van der Waals surface area contributed by atoms with E-state index in [1.165, 1.54) is 4.90 Å². The van der Waals surface area contributed by atoms with Crippen molar-refractivity contribution in [1.29, 1.82) is 0 Å². The lowest BCUT2D eigenvalue weighted by Gasteiger charge is -2.36. The number of carboxylic acid groups (broad SMARTS) is 1. The molecule has 2 unspecified atom stereocenters. The Morgan fingerprint density at radius 1 is 1.24 bits per heavy atom. The largest absolute Gasteiger partial charge is 0.480 e. The van der Waals surface area contributed by atoms with Crippen LogP contribution in [0.5, 0.6) is 0 Å². The molecule has 7 nitrogen and oxygen atoms in total. The number of carbonyl (C=O) groups excluding carboxylic acids is 2. The Morgan fingerprint density at radius 2 is 1.95 bits per heavy atom. The van der Waals surface area contributed by atoms with Gasteiger partial charge in [0.1, 0.15) is 6.04 Å². The second-order valence-corrected chi connectivity index (χ2v) is 5.35. The quantitative estimate of drug-likeness (QED) is 0.675. The zero-order chi connectivity index (χ0) is 15.8. The van der Waals surface area contributed by atoms with Gasteiger partial charge in [-0.25, -0.2) is 9.59 Å². The molecule has 1 aliphatic rings. The highest BCUT2D eigenvalue weighted by Gasteiger charge is 2.35. The smallest absolute Gasteiger partial charge is 0.326 e. The van der Waals surface area contributed by atoms with Crippen molar-refractivity contribution in [1.82, 2.24) is 15.5 Å². The number of likely N-dealkylation sites (tertiary alicyclic amines) is 1. The average molecular weight is 299 g/mol. The Morgan fingerprint density at radius 3 is 2.52 bits per heavy atom. The number of rotatable bonds is 6. The van der Waals surface area contributed by atoms with Crippen molar-refractivity contribution in [2.24, 2.45) is 5.92 Å². The van der Waals surface area contributed by atoms with Crippen molar-refractivity contribution in [2.75, 3.05) is 19.6 Å². The Kier molecular flexibility index (Phi) is 6.98. The number of nitrogens with one attached hydrogen (secondary N) is 2. The molecule has 1 heterocycles. The van der Waals surface area contributed by atoms with Crippen LogP contribution in [0.3, 0.4) is 0 Å². The van der Waals surface area contributed by atoms with E-state index in [0.29, 0.717) is 25.4 Å². The Balaban J connectivity index is 2.51. The number of urea groups is 1. The third kappa shape index (κ3) is 5.24. The van der Waals surface area contributed by atoms with Crippen LogP contribution in [0.4, 0.5) is 4.79 Å². The van der Waals surface area contributed by atoms with Crippen LogP contribution < -0.4 is 10.6 Å². The third-order valence-electron chi connectivity index (χ3n) is 3.81. The van der Waals surface area contributed by atoms with Gasteiger partial charge in [-0.1, -0.05) is 20.3 Å². The average Bonchev–Trinajstić information content (AvgIpc) is 2.49. The van der Waals surface area contributed by atoms with Crippen LogP contribution in [0, 0.1) is 5.92 Å². The number of amides is 3. The number of hydrogen-bond acceptors (Lipinski definition) is 3. The molecule has 1 saturated heterocycles. The van der Waals surface area contributed by atoms with Gasteiger partial charge in [0.2, 0.25) is 5.91 Å². The first-order valence-corrected chi connectivity index (χ1v) is 7.53. The summed E-state index contributed by atoms with van der Waals surface area (Å²) < 4.78 is 0. The van der Waals surface area contributed by atoms with Crippen molar-refractivity contribution >= 4 is 17.9 Å². The molecule has 0 spiro atoms. The fourth-order valence-corrected chi connectivity index (χ4v) is 2.47. The predicted octanol–water partition coefficient (Wildman–Crippen LogP) is 0.797. The summed E-state index contributed by atoms with van der Waals surface area (Å²) >= 11 is 0. The maximum atomic E-state index is 12.1. The SMILES string of the molecule is CCCNC(=O)CNC(=O)N1CCC(CC)CC1C(=O)O. The molecule has 120 valence electrons. The first-order valence-electron chi connectivity index (χ1n) is 7.53. The molecule has 21 heavy (non-hydrogen) atoms. The van der Waals surface area contributed by atoms with Gasteiger partial charge in [0, 0.05) is 13.1 Å². The molecule has 1 fully saturated rings. The van der Waals surface area contributed by atoms with E-state index in [1.807, 2.05) is 13.8 Å². The standard InChI is InChI=1S/C14H25N3O4/c1-3-6-15-12(18)9-16-14(21)17-7-5-10(4-2)8-11(17)13(19)20/h10-11H,3-9H2,1-2H3,(H,15,18)(H,16,21)(H,19,20). The van der Waals surface area contributed by atoms with E-state index in [-0.39, 0.29) is 12.5 Å². The minimum absolute atomic E-state index is 0.126. The van der Waals surface area contributed by atoms with Gasteiger partial charge in [-0.3, -0.25) is 4.79 Å². The summed E-state index contributed by atoms with van der Waals surface area (Å²) in [4.78, 5) is 36.1. The van der Waals surface area contributed by atoms with Gasteiger partial charge < -0.3 is 20.6 Å². The molecule has 1 aliphatic heterocycles. The Labute approximate surface area is 125 Å². The van der Waals surface area contributed by atoms with Gasteiger partial charge in [0.25, 0.3) is 0 Å². The van der Waals surface area contributed by atoms with E-state index in [2.05, 4.69) is 10.6 Å². The van der Waals surface area contributed by atoms with E-state index in [9.17, 15) is 19.5 Å². The summed E-state index contributed by atoms with van der Waals surface area (Å²) in [6, 6.07) is -1.29. The second-order valence-electron chi connectivity index (χ2n) is 5.35. The monoisotopic (exact) mass is 299 g/mol. The molecule has 0 aromatic rings. The number of hydrogen-bond donors (Lipinski definition) is 3. The predicted molar refractivity (Wildman–Crippen MR) is 77.8 cm³/mol. The molecule has 0 radical (unpaired) electrons. The molecular weight excluding hydrogens is 274 g/mol. The molecule has 3 amide bonds. The summed E-state index contributed by atoms with van der Waals surface area (Å²) in [6.07, 6.45) is 3.01. The summed E-state index contributed by atoms with van der Waals surface area (Å²) in [7, 11) is 0. The van der Waals surface area contributed by atoms with Crippen LogP contribution in [0.1, 0.15) is 39.5 Å². The van der Waals surface area contributed by atoms with Gasteiger partial charge in [0.15, 0.2) is 0 Å². The van der Waals surface area contributed by atoms with Gasteiger partial charge in [0.05, 0.1) is 6.54 Å². The van der Waals surface area contributed by atoms with Crippen LogP contribution in [0.2, 0.25) is 0 Å². The first kappa shape index (κ1) is 17.3. The highest BCUT2D eigenvalue weighted by Crippen LogP contribution is 2.25. The maximum Gasteiger partial charge on any atom is 0.326 e. The molecule has 0 aliphatic carbocycles. The zero-order valence-electron chi connectivity index (χ0n) is 12.7. The summed E-state index contributed by atoms with van der Waals surface area (Å²) in [5.74, 6) is -0.915. The maximum absolute atomic E-state index is 12.1. The summed E-state index contributed by atoms with van der Waals surface area (Å²) in [6.45, 7) is 4.82. The first-order chi connectivity index (χ1) is 9.99. The van der Waals surface area contributed by atoms with Crippen molar-refractivity contribution in [2.45, 2.75) is 45.6 Å². The van der Waals surface area contributed by atoms with Crippen LogP contribution >= 0.6 is 0 Å². The van der Waals surface area contributed by atoms with E-state index in [4.69, 9.17) is 0 Å². The Bertz CT molecular complexity index is 386. The van der Waals surface area contributed by atoms with Crippen molar-refractivity contribution in [3.63, 3.8) is 0 Å². The van der Waals surface area contributed by atoms with E-state index >= 15 is 0 Å². The van der Waals surface area contributed by atoms with Crippen LogP contribution in [0.25, 0.3) is 0 Å². The number of piperidine rings is 1. The highest BCUT2D eigenvalue weighted by atomic mass is 16.4. The lowest BCUT2D eigenvalue weighted by atomic mass is 9.89. The normalized spacial score (nSPS) is 21.7. The number of aliphatic carboxylic acids is 1. The molecule has 7 heteroatoms. The highest BCUT2D eigenvalue weighted by molar-refractivity contribution is 5.86. The zero-order valence-corrected chi connectivity index (χ0v) is 12.7. The van der Waals surface area contributed by atoms with E-state index < -0.39 is 18.0 Å². The topological polar surface area (TPSA) is 98.7 Å². The molecule has 0 aromatic carbocycles. The van der Waals surface area contributed by atoms with Gasteiger partial charge in [-0.05, 0) is 25.2 Å². The third-order valence-corrected chi connectivity index (χ3v) is 3.81. The van der Waals surface area contributed by atoms with Crippen LogP contribution in [-0.4, -0.2) is 53.6 Å². The lowest BCUT2D eigenvalue weighted by molar-refractivity contribution is -0.144. The minimum atomic E-state index is -0.987. The van der Waals surface area contributed by atoms with Crippen LogP contribution in [-0.2, 0) is 9.59 Å². The fourth-order valence-electron chi connectivity index (χ4n) is 2.47. The summed E-state index contributed by atoms with van der Waals surface area (Å²) in [5, 5.41) is 14.4. The number of carbonyl (C=O) groups is 3. The fraction of sp³-hybridized carbons (Fsp3) is 0.786. The van der Waals surface area contributed by atoms with Crippen molar-refractivity contribution in [3.8, 4) is 0 Å². The molecule has 0 bridgehead atoms. The molecule has 0 aromatic heterocycles. The van der Waals surface area contributed by atoms with Gasteiger partial charge in [-0.15, -0.1) is 0 Å². The van der Waals surface area contributed by atoms with Crippen LogP contribution in [0.15, 0.2) is 0 Å². The van der Waals surface area contributed by atoms with E-state index in [1.54, 1.807) is 0 Å². The molecule has 1 rings (SSSR count). The lowest BCUT2D eigenvalue weighted by Crippen LogP contribution is -2.54. The number of nitrogens with zero attached hydrogens (tertiary/aromatic N) is 1. The van der Waals surface area contributed by atoms with Gasteiger partial charge in [-0.2, -0.15) is 0 Å². The molecular formula is C14H25N3O4. The molecule has 3 N–H and O–H groups in total. The Hall–Kier alpha value is -1.79. The molecule has 2 atom stereocenters. The minimum Gasteiger partial charge on any atom is -0.480 e. The number of carboxylic acids is 1. The molecule has 0 saturated carbocycles. The second kappa shape index (κ2) is 8.49. The summed E-state index contributed by atoms with van der Waals surface area (Å²) in [5.41, 5.74) is 0. The van der Waals surface area contributed by atoms with Crippen molar-refractivity contribution < 1.29 is 19.5 Å². The van der Waals surface area contributed by atoms with E-state index in [0.717, 1.165) is 19.3 Å².